The van der Waals surface area contributed by atoms with Crippen molar-refractivity contribution in [1.29, 1.82) is 0 Å². The number of carbonyl (C=O) groups excluding carboxylic acids is 1. The smallest absolute Gasteiger partial charge is 0.228 e. The van der Waals surface area contributed by atoms with Gasteiger partial charge >= 0.3 is 0 Å². The topological polar surface area (TPSA) is 86.3 Å². The zero-order chi connectivity index (χ0) is 22.7. The van der Waals surface area contributed by atoms with E-state index in [4.69, 9.17) is 11.6 Å². The summed E-state index contributed by atoms with van der Waals surface area (Å²) >= 11 is 6.11. The van der Waals surface area contributed by atoms with E-state index < -0.39 is 0 Å². The first-order valence-electron chi connectivity index (χ1n) is 10.4. The van der Waals surface area contributed by atoms with Crippen LogP contribution in [0.1, 0.15) is 12.0 Å². The Morgan fingerprint density at radius 1 is 1.09 bits per heavy atom. The fourth-order valence-electron chi connectivity index (χ4n) is 3.58. The van der Waals surface area contributed by atoms with Crippen LogP contribution in [0.4, 0.5) is 23.1 Å². The molecular formula is C23H26ClN7O. The zero-order valence-corrected chi connectivity index (χ0v) is 19.1. The molecule has 166 valence electrons. The number of carbonyl (C=O) groups is 1. The van der Waals surface area contributed by atoms with E-state index in [0.29, 0.717) is 22.4 Å². The number of benzene rings is 1. The number of anilines is 4. The van der Waals surface area contributed by atoms with E-state index in [1.54, 1.807) is 24.5 Å². The Balaban J connectivity index is 1.52. The van der Waals surface area contributed by atoms with Gasteiger partial charge in [0, 0.05) is 35.9 Å². The van der Waals surface area contributed by atoms with Gasteiger partial charge in [-0.1, -0.05) is 11.6 Å². The van der Waals surface area contributed by atoms with Crippen LogP contribution < -0.4 is 15.5 Å². The molecule has 2 N–H and O–H groups in total. The second-order valence-electron chi connectivity index (χ2n) is 8.09. The van der Waals surface area contributed by atoms with E-state index in [2.05, 4.69) is 49.5 Å². The molecule has 1 aromatic carbocycles. The van der Waals surface area contributed by atoms with Gasteiger partial charge in [0.15, 0.2) is 0 Å². The molecule has 1 aliphatic heterocycles. The average molecular weight is 452 g/mol. The van der Waals surface area contributed by atoms with Crippen LogP contribution >= 0.6 is 11.6 Å². The number of rotatable bonds is 7. The maximum Gasteiger partial charge on any atom is 0.228 e. The number of nitrogens with one attached hydrogen (secondary N) is 2. The molecule has 0 saturated heterocycles. The van der Waals surface area contributed by atoms with Crippen LogP contribution in [0.5, 0.6) is 0 Å². The van der Waals surface area contributed by atoms with Crippen molar-refractivity contribution in [2.45, 2.75) is 12.8 Å². The summed E-state index contributed by atoms with van der Waals surface area (Å²) in [5, 5.41) is 6.65. The summed E-state index contributed by atoms with van der Waals surface area (Å²) in [5.74, 6) is 1.23. The molecule has 4 rings (SSSR count). The van der Waals surface area contributed by atoms with Crippen molar-refractivity contribution >= 4 is 40.6 Å². The van der Waals surface area contributed by atoms with Gasteiger partial charge in [-0.2, -0.15) is 0 Å². The molecule has 8 nitrogen and oxygen atoms in total. The molecule has 0 unspecified atom stereocenters. The van der Waals surface area contributed by atoms with Gasteiger partial charge in [-0.05, 0) is 57.4 Å². The Hall–Kier alpha value is -3.23. The fraction of sp³-hybridized carbons (Fsp3) is 0.304. The third-order valence-electron chi connectivity index (χ3n) is 5.22. The second-order valence-corrected chi connectivity index (χ2v) is 8.53. The highest BCUT2D eigenvalue weighted by Crippen LogP contribution is 2.34. The molecule has 0 bridgehead atoms. The maximum atomic E-state index is 12.2. The molecule has 0 radical (unpaired) electrons. The Morgan fingerprint density at radius 2 is 1.94 bits per heavy atom. The van der Waals surface area contributed by atoms with Crippen molar-refractivity contribution in [1.82, 2.24) is 19.9 Å². The number of aromatic nitrogens is 3. The SMILES string of the molecule is CN(C)CCCN(C)c1ccc(Nc2ncc3c(n2)-c2ccc(Cl)cc2NC(=O)C3)cn1. The molecule has 2 aromatic heterocycles. The lowest BCUT2D eigenvalue weighted by molar-refractivity contribution is -0.115. The third kappa shape index (κ3) is 5.15. The Kier molecular flexibility index (Phi) is 6.53. The summed E-state index contributed by atoms with van der Waals surface area (Å²) in [6, 6.07) is 9.31. The van der Waals surface area contributed by atoms with E-state index >= 15 is 0 Å². The van der Waals surface area contributed by atoms with Crippen molar-refractivity contribution in [2.24, 2.45) is 0 Å². The molecule has 0 fully saturated rings. The normalized spacial score (nSPS) is 12.6. The molecule has 3 heterocycles. The number of halogens is 1. The summed E-state index contributed by atoms with van der Waals surface area (Å²) in [7, 11) is 6.19. The predicted molar refractivity (Wildman–Crippen MR) is 129 cm³/mol. The Morgan fingerprint density at radius 3 is 2.69 bits per heavy atom. The van der Waals surface area contributed by atoms with Crippen LogP contribution in [0.2, 0.25) is 5.02 Å². The molecule has 0 aliphatic carbocycles. The maximum absolute atomic E-state index is 12.2. The fourth-order valence-corrected chi connectivity index (χ4v) is 3.75. The van der Waals surface area contributed by atoms with E-state index in [1.165, 1.54) is 0 Å². The van der Waals surface area contributed by atoms with Crippen LogP contribution in [0.3, 0.4) is 0 Å². The van der Waals surface area contributed by atoms with Gasteiger partial charge in [0.25, 0.3) is 0 Å². The van der Waals surface area contributed by atoms with Crippen LogP contribution in [-0.4, -0.2) is 60.0 Å². The van der Waals surface area contributed by atoms with E-state index in [0.717, 1.165) is 42.1 Å². The highest BCUT2D eigenvalue weighted by Gasteiger charge is 2.21. The van der Waals surface area contributed by atoms with Crippen LogP contribution in [0.25, 0.3) is 11.3 Å². The number of hydrogen-bond donors (Lipinski definition) is 2. The van der Waals surface area contributed by atoms with Crippen LogP contribution in [0.15, 0.2) is 42.7 Å². The lowest BCUT2D eigenvalue weighted by Gasteiger charge is -2.19. The minimum Gasteiger partial charge on any atom is -0.360 e. The highest BCUT2D eigenvalue weighted by molar-refractivity contribution is 6.31. The van der Waals surface area contributed by atoms with Crippen LogP contribution in [-0.2, 0) is 11.2 Å². The molecule has 9 heteroatoms. The van der Waals surface area contributed by atoms with E-state index in [-0.39, 0.29) is 12.3 Å². The summed E-state index contributed by atoms with van der Waals surface area (Å²) < 4.78 is 0. The van der Waals surface area contributed by atoms with Gasteiger partial charge in [-0.25, -0.2) is 15.0 Å². The Labute approximate surface area is 192 Å². The van der Waals surface area contributed by atoms with E-state index in [9.17, 15) is 4.79 Å². The highest BCUT2D eigenvalue weighted by atomic mass is 35.5. The predicted octanol–water partition coefficient (Wildman–Crippen LogP) is 3.82. The summed E-state index contributed by atoms with van der Waals surface area (Å²) in [6.45, 7) is 1.97. The Bertz CT molecular complexity index is 1120. The molecule has 1 amide bonds. The van der Waals surface area contributed by atoms with Crippen molar-refractivity contribution in [3.05, 3.63) is 53.3 Å². The van der Waals surface area contributed by atoms with Crippen LogP contribution in [0, 0.1) is 0 Å². The largest absolute Gasteiger partial charge is 0.360 e. The monoisotopic (exact) mass is 451 g/mol. The van der Waals surface area contributed by atoms with Crippen molar-refractivity contribution in [3.63, 3.8) is 0 Å². The number of nitrogens with zero attached hydrogens (tertiary/aromatic N) is 5. The lowest BCUT2D eigenvalue weighted by Crippen LogP contribution is -2.23. The van der Waals surface area contributed by atoms with Gasteiger partial charge in [-0.15, -0.1) is 0 Å². The second kappa shape index (κ2) is 9.50. The number of pyridine rings is 1. The molecule has 3 aromatic rings. The molecule has 0 atom stereocenters. The zero-order valence-electron chi connectivity index (χ0n) is 18.4. The molecule has 32 heavy (non-hydrogen) atoms. The number of amides is 1. The molecule has 0 spiro atoms. The summed E-state index contributed by atoms with van der Waals surface area (Å²) in [6.07, 6.45) is 4.73. The first-order chi connectivity index (χ1) is 15.4. The standard InChI is InChI=1S/C23H26ClN7O/c1-30(2)9-4-10-31(3)20-8-6-17(14-25-20)27-23-26-13-15-11-21(32)28-19-12-16(24)5-7-18(19)22(15)29-23/h5-8,12-14H,4,9-11H2,1-3H3,(H,28,32)(H,26,27,29). The number of hydrogen-bond acceptors (Lipinski definition) is 7. The minimum absolute atomic E-state index is 0.119. The first kappa shape index (κ1) is 22.0. The van der Waals surface area contributed by atoms with Gasteiger partial charge in [-0.3, -0.25) is 4.79 Å². The summed E-state index contributed by atoms with van der Waals surface area (Å²) in [5.41, 5.74) is 3.72. The van der Waals surface area contributed by atoms with Gasteiger partial charge < -0.3 is 20.4 Å². The third-order valence-corrected chi connectivity index (χ3v) is 5.46. The van der Waals surface area contributed by atoms with Crippen molar-refractivity contribution in [3.8, 4) is 11.3 Å². The average Bonchev–Trinajstić information content (AvgIpc) is 2.88. The summed E-state index contributed by atoms with van der Waals surface area (Å²) in [4.78, 5) is 30.2. The van der Waals surface area contributed by atoms with Gasteiger partial charge in [0.05, 0.1) is 29.7 Å². The van der Waals surface area contributed by atoms with Gasteiger partial charge in [0.2, 0.25) is 11.9 Å². The molecule has 1 aliphatic rings. The van der Waals surface area contributed by atoms with E-state index in [1.807, 2.05) is 25.2 Å². The molecular weight excluding hydrogens is 426 g/mol. The minimum atomic E-state index is -0.119. The van der Waals surface area contributed by atoms with Gasteiger partial charge in [0.1, 0.15) is 5.82 Å². The number of fused-ring (bicyclic) bond motifs is 3. The lowest BCUT2D eigenvalue weighted by atomic mass is 10.1. The van der Waals surface area contributed by atoms with Crippen molar-refractivity contribution < 1.29 is 4.79 Å². The quantitative estimate of drug-likeness (QED) is 0.564. The molecule has 0 saturated carbocycles. The first-order valence-corrected chi connectivity index (χ1v) is 10.8. The van der Waals surface area contributed by atoms with Crippen molar-refractivity contribution in [2.75, 3.05) is 49.8 Å².